The van der Waals surface area contributed by atoms with Gasteiger partial charge in [0, 0.05) is 34.0 Å². The number of amides is 2. The van der Waals surface area contributed by atoms with Gasteiger partial charge < -0.3 is 10.2 Å². The maximum atomic E-state index is 11.7. The van der Waals surface area contributed by atoms with Gasteiger partial charge >= 0.3 is 0 Å². The van der Waals surface area contributed by atoms with E-state index >= 15 is 0 Å². The summed E-state index contributed by atoms with van der Waals surface area (Å²) in [5, 5.41) is 27.6. The Morgan fingerprint density at radius 3 is 1.66 bits per heavy atom. The average Bonchev–Trinajstić information content (AvgIpc) is 2.67. The monoisotopic (exact) mass is 436 g/mol. The molecule has 0 unspecified atom stereocenters. The minimum absolute atomic E-state index is 0.0179. The van der Waals surface area contributed by atoms with E-state index in [2.05, 4.69) is 21.1 Å². The van der Waals surface area contributed by atoms with E-state index in [1.807, 2.05) is 0 Å². The third-order valence-corrected chi connectivity index (χ3v) is 4.04. The van der Waals surface area contributed by atoms with Gasteiger partial charge in [-0.25, -0.2) is 10.9 Å². The first-order valence-electron chi connectivity index (χ1n) is 8.46. The molecule has 0 fully saturated rings. The van der Waals surface area contributed by atoms with Crippen molar-refractivity contribution in [1.29, 1.82) is 0 Å². The number of carbonyl (C=O) groups excluding carboxylic acids is 2. The normalized spacial score (nSPS) is 11.1. The van der Waals surface area contributed by atoms with Gasteiger partial charge in [-0.15, -0.1) is 0 Å². The van der Waals surface area contributed by atoms with Crippen molar-refractivity contribution < 1.29 is 19.8 Å². The molecule has 0 aromatic heterocycles. The summed E-state index contributed by atoms with van der Waals surface area (Å²) in [6.07, 6.45) is 2.97. The predicted octanol–water partition coefficient (Wildman–Crippen LogP) is 3.18. The van der Waals surface area contributed by atoms with Gasteiger partial charge in [0.25, 0.3) is 0 Å². The fourth-order valence-corrected chi connectivity index (χ4v) is 2.49. The van der Waals surface area contributed by atoms with Crippen LogP contribution in [0.2, 0.25) is 10.0 Å². The molecule has 0 aliphatic carbocycles. The lowest BCUT2D eigenvalue weighted by Gasteiger charge is -2.02. The number of aromatic hydroxyl groups is 2. The number of rotatable bonds is 8. The molecular formula is C19H18Cl2N4O4. The number of benzene rings is 2. The van der Waals surface area contributed by atoms with Crippen molar-refractivity contribution in [2.45, 2.75) is 19.3 Å². The molecule has 0 saturated carbocycles. The van der Waals surface area contributed by atoms with Crippen LogP contribution in [0.3, 0.4) is 0 Å². The van der Waals surface area contributed by atoms with Crippen molar-refractivity contribution in [3.8, 4) is 11.5 Å². The van der Waals surface area contributed by atoms with Gasteiger partial charge in [0.05, 0.1) is 12.4 Å². The fraction of sp³-hybridized carbons (Fsp3) is 0.158. The summed E-state index contributed by atoms with van der Waals surface area (Å²) in [5.41, 5.74) is 5.33. The lowest BCUT2D eigenvalue weighted by molar-refractivity contribution is -0.122. The molecule has 10 heteroatoms. The van der Waals surface area contributed by atoms with Crippen molar-refractivity contribution in [3.63, 3.8) is 0 Å². The van der Waals surface area contributed by atoms with Crippen LogP contribution in [-0.2, 0) is 9.59 Å². The maximum absolute atomic E-state index is 11.7. The first-order chi connectivity index (χ1) is 13.8. The number of hydrogen-bond acceptors (Lipinski definition) is 6. The highest BCUT2D eigenvalue weighted by Crippen LogP contribution is 2.20. The standard InChI is InChI=1S/C19H18Cl2N4O4/c20-14-4-6-16(26)12(8-14)10-22-24-18(28)2-1-3-19(29)25-23-11-13-9-15(21)5-7-17(13)27/h4-11,26-27H,1-3H2,(H,24,28)(H,25,29)/b22-10-,23-11+. The van der Waals surface area contributed by atoms with Crippen molar-refractivity contribution in [3.05, 3.63) is 57.6 Å². The smallest absolute Gasteiger partial charge is 0.240 e. The molecule has 0 atom stereocenters. The minimum atomic E-state index is -0.386. The van der Waals surface area contributed by atoms with E-state index in [0.29, 0.717) is 21.2 Å². The molecule has 0 saturated heterocycles. The van der Waals surface area contributed by atoms with E-state index in [9.17, 15) is 19.8 Å². The van der Waals surface area contributed by atoms with Crippen LogP contribution < -0.4 is 10.9 Å². The summed E-state index contributed by atoms with van der Waals surface area (Å²) in [7, 11) is 0. The Balaban J connectivity index is 1.69. The molecule has 2 rings (SSSR count). The van der Waals surface area contributed by atoms with Gasteiger partial charge in [0.1, 0.15) is 11.5 Å². The van der Waals surface area contributed by atoms with Crippen LogP contribution in [0, 0.1) is 0 Å². The fourth-order valence-electron chi connectivity index (χ4n) is 2.13. The third-order valence-electron chi connectivity index (χ3n) is 3.57. The Labute approximate surface area is 176 Å². The van der Waals surface area contributed by atoms with Crippen LogP contribution >= 0.6 is 23.2 Å². The van der Waals surface area contributed by atoms with Crippen LogP contribution in [0.25, 0.3) is 0 Å². The van der Waals surface area contributed by atoms with Gasteiger partial charge in [-0.05, 0) is 42.8 Å². The Bertz CT molecular complexity index is 872. The molecule has 0 aliphatic heterocycles. The van der Waals surface area contributed by atoms with E-state index in [1.54, 1.807) is 0 Å². The maximum Gasteiger partial charge on any atom is 0.240 e. The Hall–Kier alpha value is -3.10. The molecule has 2 amide bonds. The molecule has 4 N–H and O–H groups in total. The van der Waals surface area contributed by atoms with Crippen LogP contribution in [0.5, 0.6) is 11.5 Å². The summed E-state index contributed by atoms with van der Waals surface area (Å²) < 4.78 is 0. The average molecular weight is 437 g/mol. The van der Waals surface area contributed by atoms with E-state index in [4.69, 9.17) is 23.2 Å². The topological polar surface area (TPSA) is 123 Å². The SMILES string of the molecule is O=C(CCCC(=O)N/N=C/c1cc(Cl)ccc1O)N/N=C\c1cc(Cl)ccc1O. The Morgan fingerprint density at radius 1 is 0.828 bits per heavy atom. The summed E-state index contributed by atoms with van der Waals surface area (Å²) in [6.45, 7) is 0. The van der Waals surface area contributed by atoms with Crippen LogP contribution in [0.4, 0.5) is 0 Å². The second-order valence-corrected chi connectivity index (χ2v) is 6.72. The number of nitrogens with one attached hydrogen (secondary N) is 2. The molecule has 0 aliphatic rings. The predicted molar refractivity (Wildman–Crippen MR) is 112 cm³/mol. The van der Waals surface area contributed by atoms with Gasteiger partial charge in [-0.2, -0.15) is 10.2 Å². The number of nitrogens with zero attached hydrogens (tertiary/aromatic N) is 2. The highest BCUT2D eigenvalue weighted by molar-refractivity contribution is 6.31. The third kappa shape index (κ3) is 7.81. The van der Waals surface area contributed by atoms with Gasteiger partial charge in [0.15, 0.2) is 0 Å². The lowest BCUT2D eigenvalue weighted by Crippen LogP contribution is -2.20. The van der Waals surface area contributed by atoms with E-state index < -0.39 is 0 Å². The molecular weight excluding hydrogens is 419 g/mol. The second kappa shape index (κ2) is 11.0. The van der Waals surface area contributed by atoms with Crippen molar-refractivity contribution >= 4 is 47.4 Å². The molecule has 0 bridgehead atoms. The molecule has 152 valence electrons. The minimum Gasteiger partial charge on any atom is -0.507 e. The number of phenolic OH excluding ortho intramolecular Hbond substituents is 2. The van der Waals surface area contributed by atoms with E-state index in [-0.39, 0.29) is 42.6 Å². The zero-order chi connectivity index (χ0) is 21.2. The summed E-state index contributed by atoms with van der Waals surface area (Å²) in [4.78, 5) is 23.4. The summed E-state index contributed by atoms with van der Waals surface area (Å²) in [5.74, 6) is -0.808. The van der Waals surface area contributed by atoms with Gasteiger partial charge in [-0.3, -0.25) is 9.59 Å². The van der Waals surface area contributed by atoms with Crippen molar-refractivity contribution in [2.24, 2.45) is 10.2 Å². The van der Waals surface area contributed by atoms with E-state index in [0.717, 1.165) is 0 Å². The van der Waals surface area contributed by atoms with Crippen LogP contribution in [0.1, 0.15) is 30.4 Å². The van der Waals surface area contributed by atoms with Crippen LogP contribution in [-0.4, -0.2) is 34.5 Å². The Kier molecular flexibility index (Phi) is 8.45. The quantitative estimate of drug-likeness (QED) is 0.374. The second-order valence-electron chi connectivity index (χ2n) is 5.85. The first-order valence-corrected chi connectivity index (χ1v) is 9.21. The van der Waals surface area contributed by atoms with Gasteiger partial charge in [-0.1, -0.05) is 23.2 Å². The van der Waals surface area contributed by atoms with Gasteiger partial charge in [0.2, 0.25) is 11.8 Å². The molecule has 2 aromatic rings. The molecule has 0 spiro atoms. The molecule has 2 aromatic carbocycles. The first kappa shape index (κ1) is 22.2. The lowest BCUT2D eigenvalue weighted by atomic mass is 10.2. The largest absolute Gasteiger partial charge is 0.507 e. The van der Waals surface area contributed by atoms with E-state index in [1.165, 1.54) is 48.8 Å². The number of carbonyl (C=O) groups is 2. The molecule has 0 radical (unpaired) electrons. The van der Waals surface area contributed by atoms with Crippen molar-refractivity contribution in [2.75, 3.05) is 0 Å². The highest BCUT2D eigenvalue weighted by Gasteiger charge is 2.05. The van der Waals surface area contributed by atoms with Crippen molar-refractivity contribution in [1.82, 2.24) is 10.9 Å². The van der Waals surface area contributed by atoms with Crippen LogP contribution in [0.15, 0.2) is 46.6 Å². The Morgan fingerprint density at radius 2 is 1.24 bits per heavy atom. The number of hydrazone groups is 2. The number of hydrogen-bond donors (Lipinski definition) is 4. The zero-order valence-corrected chi connectivity index (χ0v) is 16.6. The molecule has 29 heavy (non-hydrogen) atoms. The zero-order valence-electron chi connectivity index (χ0n) is 15.1. The number of phenols is 2. The summed E-state index contributed by atoms with van der Waals surface area (Å²) in [6, 6.07) is 8.89. The molecule has 8 nitrogen and oxygen atoms in total. The summed E-state index contributed by atoms with van der Waals surface area (Å²) >= 11 is 11.6. The molecule has 0 heterocycles. The highest BCUT2D eigenvalue weighted by atomic mass is 35.5. The number of halogens is 2.